The maximum atomic E-state index is 13.3. The fourth-order valence-corrected chi connectivity index (χ4v) is 5.81. The second-order valence-electron chi connectivity index (χ2n) is 10.2. The van der Waals surface area contributed by atoms with E-state index in [1.54, 1.807) is 0 Å². The van der Waals surface area contributed by atoms with E-state index in [1.165, 1.54) is 12.8 Å². The van der Waals surface area contributed by atoms with Gasteiger partial charge in [0.15, 0.2) is 17.3 Å². The van der Waals surface area contributed by atoms with Gasteiger partial charge in [-0.15, -0.1) is 5.10 Å². The van der Waals surface area contributed by atoms with Crippen molar-refractivity contribution in [3.8, 4) is 17.2 Å². The third-order valence-corrected chi connectivity index (χ3v) is 7.71. The lowest BCUT2D eigenvalue weighted by Crippen LogP contribution is -2.32. The molecule has 2 aromatic carbocycles. The predicted molar refractivity (Wildman–Crippen MR) is 146 cm³/mol. The second-order valence-corrected chi connectivity index (χ2v) is 10.2. The minimum Gasteiger partial charge on any atom is -0.494 e. The molecule has 4 aromatic rings. The standard InChI is InChI=1S/C29H34N6O4/c1-3-25(28-31-32-33-35(28)22-7-5-6-8-22)34(16-19-9-12-26-27(13-19)39-18-38-26)17-21-14-20-15-23(37-4-2)10-11-24(20)30-29(21)36/h9-15,22,25H,3-8,16-18H2,1-2H3,(H,30,36)/t25-/m0/s1. The molecule has 1 aliphatic heterocycles. The number of rotatable bonds is 10. The number of nitrogens with zero attached hydrogens (tertiary/aromatic N) is 5. The van der Waals surface area contributed by atoms with Gasteiger partial charge in [-0.25, -0.2) is 4.68 Å². The molecule has 0 radical (unpaired) electrons. The summed E-state index contributed by atoms with van der Waals surface area (Å²) in [6.45, 7) is 5.92. The van der Waals surface area contributed by atoms with Crippen molar-refractivity contribution in [3.63, 3.8) is 0 Å². The number of ether oxygens (including phenoxy) is 3. The zero-order chi connectivity index (χ0) is 26.8. The number of tetrazole rings is 1. The highest BCUT2D eigenvalue weighted by molar-refractivity contribution is 5.80. The van der Waals surface area contributed by atoms with Crippen molar-refractivity contribution < 1.29 is 14.2 Å². The van der Waals surface area contributed by atoms with Crippen molar-refractivity contribution in [1.29, 1.82) is 0 Å². The second kappa shape index (κ2) is 11.1. The van der Waals surface area contributed by atoms with Crippen LogP contribution in [0.2, 0.25) is 0 Å². The monoisotopic (exact) mass is 530 g/mol. The van der Waals surface area contributed by atoms with Crippen molar-refractivity contribution in [2.75, 3.05) is 13.4 Å². The topological polar surface area (TPSA) is 107 Å². The van der Waals surface area contributed by atoms with Crippen LogP contribution >= 0.6 is 0 Å². The molecule has 1 aliphatic carbocycles. The number of pyridine rings is 1. The molecule has 1 N–H and O–H groups in total. The van der Waals surface area contributed by atoms with Crippen molar-refractivity contribution in [2.24, 2.45) is 0 Å². The Balaban J connectivity index is 1.38. The molecule has 0 amide bonds. The third-order valence-electron chi connectivity index (χ3n) is 7.71. The highest BCUT2D eigenvalue weighted by atomic mass is 16.7. The molecule has 0 unspecified atom stereocenters. The van der Waals surface area contributed by atoms with E-state index in [2.05, 4.69) is 32.3 Å². The molecule has 3 heterocycles. The molecule has 10 nitrogen and oxygen atoms in total. The molecule has 0 saturated heterocycles. The summed E-state index contributed by atoms with van der Waals surface area (Å²) >= 11 is 0. The van der Waals surface area contributed by atoms with Crippen LogP contribution in [-0.2, 0) is 13.1 Å². The normalized spacial score (nSPS) is 15.9. The zero-order valence-corrected chi connectivity index (χ0v) is 22.4. The minimum atomic E-state index is -0.104. The molecule has 204 valence electrons. The Kier molecular flexibility index (Phi) is 7.19. The first-order valence-electron chi connectivity index (χ1n) is 13.8. The lowest BCUT2D eigenvalue weighted by Gasteiger charge is -2.31. The summed E-state index contributed by atoms with van der Waals surface area (Å²) in [7, 11) is 0. The molecule has 1 fully saturated rings. The summed E-state index contributed by atoms with van der Waals surface area (Å²) in [6, 6.07) is 13.9. The number of benzene rings is 2. The van der Waals surface area contributed by atoms with Crippen molar-refractivity contribution in [1.82, 2.24) is 30.1 Å². The zero-order valence-electron chi connectivity index (χ0n) is 22.4. The summed E-state index contributed by atoms with van der Waals surface area (Å²) in [5, 5.41) is 13.9. The van der Waals surface area contributed by atoms with Crippen LogP contribution in [0.3, 0.4) is 0 Å². The Bertz CT molecular complexity index is 1510. The summed E-state index contributed by atoms with van der Waals surface area (Å²) in [6.07, 6.45) is 5.35. The van der Waals surface area contributed by atoms with Gasteiger partial charge in [0, 0.05) is 29.6 Å². The Morgan fingerprint density at radius 2 is 1.92 bits per heavy atom. The molecule has 6 rings (SSSR count). The smallest absolute Gasteiger partial charge is 0.252 e. The third kappa shape index (κ3) is 5.21. The van der Waals surface area contributed by atoms with E-state index < -0.39 is 0 Å². The molecular weight excluding hydrogens is 496 g/mol. The van der Waals surface area contributed by atoms with Crippen LogP contribution in [0.15, 0.2) is 47.3 Å². The Morgan fingerprint density at radius 3 is 2.74 bits per heavy atom. The van der Waals surface area contributed by atoms with E-state index in [-0.39, 0.29) is 18.4 Å². The molecule has 0 bridgehead atoms. The van der Waals surface area contributed by atoms with Gasteiger partial charge in [-0.1, -0.05) is 25.8 Å². The van der Waals surface area contributed by atoms with Crippen LogP contribution in [0.5, 0.6) is 17.2 Å². The molecule has 1 atom stereocenters. The Labute approximate surface area is 226 Å². The first-order valence-corrected chi connectivity index (χ1v) is 13.8. The van der Waals surface area contributed by atoms with Gasteiger partial charge in [-0.3, -0.25) is 9.69 Å². The number of hydrogen-bond donors (Lipinski definition) is 1. The summed E-state index contributed by atoms with van der Waals surface area (Å²) < 4.78 is 18.9. The van der Waals surface area contributed by atoms with Crippen molar-refractivity contribution >= 4 is 10.9 Å². The number of aromatic nitrogens is 5. The van der Waals surface area contributed by atoms with Crippen LogP contribution in [-0.4, -0.2) is 43.5 Å². The van der Waals surface area contributed by atoms with Gasteiger partial charge < -0.3 is 19.2 Å². The van der Waals surface area contributed by atoms with Crippen LogP contribution in [0.4, 0.5) is 0 Å². The van der Waals surface area contributed by atoms with Gasteiger partial charge in [0.2, 0.25) is 6.79 Å². The van der Waals surface area contributed by atoms with Crippen LogP contribution in [0.25, 0.3) is 10.9 Å². The molecule has 0 spiro atoms. The lowest BCUT2D eigenvalue weighted by molar-refractivity contribution is 0.158. The molecule has 2 aromatic heterocycles. The van der Waals surface area contributed by atoms with Crippen LogP contribution < -0.4 is 19.8 Å². The largest absolute Gasteiger partial charge is 0.494 e. The highest BCUT2D eigenvalue weighted by Gasteiger charge is 2.30. The van der Waals surface area contributed by atoms with Crippen molar-refractivity contribution in [3.05, 3.63) is 69.8 Å². The van der Waals surface area contributed by atoms with Gasteiger partial charge in [-0.2, -0.15) is 0 Å². The first-order chi connectivity index (χ1) is 19.1. The van der Waals surface area contributed by atoms with Gasteiger partial charge in [-0.05, 0) is 78.6 Å². The fourth-order valence-electron chi connectivity index (χ4n) is 5.81. The van der Waals surface area contributed by atoms with Gasteiger partial charge in [0.25, 0.3) is 5.56 Å². The number of hydrogen-bond acceptors (Lipinski definition) is 8. The quantitative estimate of drug-likeness (QED) is 0.308. The number of nitrogens with one attached hydrogen (secondary N) is 1. The Hall–Kier alpha value is -3.92. The van der Waals surface area contributed by atoms with E-state index in [9.17, 15) is 4.79 Å². The predicted octanol–water partition coefficient (Wildman–Crippen LogP) is 4.91. The van der Waals surface area contributed by atoms with E-state index in [4.69, 9.17) is 14.2 Å². The van der Waals surface area contributed by atoms with Gasteiger partial charge in [0.05, 0.1) is 18.7 Å². The van der Waals surface area contributed by atoms with E-state index in [1.807, 2.05) is 54.1 Å². The van der Waals surface area contributed by atoms with E-state index in [0.717, 1.165) is 58.8 Å². The summed E-state index contributed by atoms with van der Waals surface area (Å²) in [5.74, 6) is 3.12. The maximum Gasteiger partial charge on any atom is 0.252 e. The fraction of sp³-hybridized carbons (Fsp3) is 0.448. The molecule has 2 aliphatic rings. The average molecular weight is 531 g/mol. The highest BCUT2D eigenvalue weighted by Crippen LogP contribution is 2.36. The summed E-state index contributed by atoms with van der Waals surface area (Å²) in [4.78, 5) is 18.6. The average Bonchev–Trinajstić information content (AvgIpc) is 3.71. The SMILES string of the molecule is CCOc1ccc2[nH]c(=O)c(CN(Cc3ccc4c(c3)OCO4)[C@@H](CC)c3nnnn3C3CCCC3)cc2c1. The van der Waals surface area contributed by atoms with E-state index in [0.29, 0.717) is 31.3 Å². The molecule has 1 saturated carbocycles. The first kappa shape index (κ1) is 25.4. The molecule has 10 heteroatoms. The van der Waals surface area contributed by atoms with Gasteiger partial charge >= 0.3 is 0 Å². The van der Waals surface area contributed by atoms with Crippen molar-refractivity contribution in [2.45, 2.75) is 71.1 Å². The van der Waals surface area contributed by atoms with Crippen LogP contribution in [0.1, 0.15) is 75.0 Å². The molecular formula is C29H34N6O4. The number of fused-ring (bicyclic) bond motifs is 2. The Morgan fingerprint density at radius 1 is 1.08 bits per heavy atom. The van der Waals surface area contributed by atoms with E-state index >= 15 is 0 Å². The lowest BCUT2D eigenvalue weighted by atomic mass is 10.1. The van der Waals surface area contributed by atoms with Crippen LogP contribution in [0, 0.1) is 0 Å². The molecule has 39 heavy (non-hydrogen) atoms. The number of H-pyrrole nitrogens is 1. The summed E-state index contributed by atoms with van der Waals surface area (Å²) in [5.41, 5.74) is 2.42. The van der Waals surface area contributed by atoms with Gasteiger partial charge in [0.1, 0.15) is 5.75 Å². The maximum absolute atomic E-state index is 13.3. The minimum absolute atomic E-state index is 0.0871. The number of aromatic amines is 1.